The van der Waals surface area contributed by atoms with Crippen molar-refractivity contribution >= 4 is 54.8 Å². The molecule has 158 valence electrons. The van der Waals surface area contributed by atoms with Gasteiger partial charge < -0.3 is 4.74 Å². The average molecular weight is 488 g/mol. The van der Waals surface area contributed by atoms with Crippen molar-refractivity contribution in [3.63, 3.8) is 0 Å². The Balaban J connectivity index is 2.03. The lowest BCUT2D eigenvalue weighted by atomic mass is 10.3. The van der Waals surface area contributed by atoms with Gasteiger partial charge in [-0.25, -0.2) is 21.8 Å². The number of anilines is 2. The molecular weight excluding hydrogens is 473 g/mol. The van der Waals surface area contributed by atoms with Crippen molar-refractivity contribution in [3.8, 4) is 11.5 Å². The maximum Gasteiger partial charge on any atom is 0.263 e. The Kier molecular flexibility index (Phi) is 6.41. The third kappa shape index (κ3) is 5.76. The molecule has 2 N–H and O–H groups in total. The Morgan fingerprint density at radius 2 is 1.67 bits per heavy atom. The van der Waals surface area contributed by atoms with Crippen molar-refractivity contribution in [1.82, 2.24) is 4.98 Å². The van der Waals surface area contributed by atoms with E-state index >= 15 is 0 Å². The van der Waals surface area contributed by atoms with Gasteiger partial charge in [-0.1, -0.05) is 29.3 Å². The molecule has 0 saturated heterocycles. The standard InChI is InChI=1S/C18H15Cl2N3O5S2/c1-29(24,25)22-15-7-6-13(30(26,27)23-18-4-2-3-9-21-18)11-17(15)28-16-8-5-12(19)10-14(16)20/h2-11,22H,1H3,(H,21,23). The number of sulfonamides is 2. The molecule has 0 aliphatic heterocycles. The number of aromatic nitrogens is 1. The summed E-state index contributed by atoms with van der Waals surface area (Å²) in [5.74, 6) is 0.206. The van der Waals surface area contributed by atoms with Gasteiger partial charge in [0.15, 0.2) is 5.75 Å². The average Bonchev–Trinajstić information content (AvgIpc) is 2.64. The van der Waals surface area contributed by atoms with E-state index in [1.54, 1.807) is 12.1 Å². The number of ether oxygens (including phenoxy) is 1. The summed E-state index contributed by atoms with van der Waals surface area (Å²) in [5, 5.41) is 0.533. The molecule has 2 aromatic carbocycles. The molecule has 1 aromatic heterocycles. The SMILES string of the molecule is CS(=O)(=O)Nc1ccc(S(=O)(=O)Nc2ccccn2)cc1Oc1ccc(Cl)cc1Cl. The Bertz CT molecular complexity index is 1280. The van der Waals surface area contributed by atoms with Crippen molar-refractivity contribution in [3.05, 3.63) is 70.8 Å². The van der Waals surface area contributed by atoms with Gasteiger partial charge in [0.2, 0.25) is 10.0 Å². The summed E-state index contributed by atoms with van der Waals surface area (Å²) in [6.45, 7) is 0. The van der Waals surface area contributed by atoms with Gasteiger partial charge in [-0.3, -0.25) is 9.44 Å². The topological polar surface area (TPSA) is 114 Å². The Hall–Kier alpha value is -2.53. The highest BCUT2D eigenvalue weighted by Crippen LogP contribution is 2.37. The molecule has 0 radical (unpaired) electrons. The van der Waals surface area contributed by atoms with E-state index in [9.17, 15) is 16.8 Å². The molecule has 0 amide bonds. The molecule has 0 spiro atoms. The van der Waals surface area contributed by atoms with Crippen molar-refractivity contribution in [2.75, 3.05) is 15.7 Å². The van der Waals surface area contributed by atoms with Crippen LogP contribution in [0.2, 0.25) is 10.0 Å². The Labute approximate surface area is 183 Å². The number of hydrogen-bond donors (Lipinski definition) is 2. The fourth-order valence-corrected chi connectivity index (χ4v) is 4.37. The van der Waals surface area contributed by atoms with Gasteiger partial charge in [-0.15, -0.1) is 0 Å². The maximum absolute atomic E-state index is 12.7. The largest absolute Gasteiger partial charge is 0.454 e. The van der Waals surface area contributed by atoms with Crippen LogP contribution in [0, 0.1) is 0 Å². The number of nitrogens with zero attached hydrogens (tertiary/aromatic N) is 1. The van der Waals surface area contributed by atoms with E-state index in [-0.39, 0.29) is 32.9 Å². The van der Waals surface area contributed by atoms with Crippen LogP contribution < -0.4 is 14.2 Å². The summed E-state index contributed by atoms with van der Waals surface area (Å²) in [5.41, 5.74) is 0.0281. The van der Waals surface area contributed by atoms with Gasteiger partial charge in [-0.05, 0) is 42.5 Å². The molecule has 0 unspecified atom stereocenters. The first kappa shape index (κ1) is 22.2. The van der Waals surface area contributed by atoms with Crippen LogP contribution in [0.5, 0.6) is 11.5 Å². The third-order valence-electron chi connectivity index (χ3n) is 3.58. The number of hydrogen-bond acceptors (Lipinski definition) is 6. The first-order valence-electron chi connectivity index (χ1n) is 8.22. The zero-order chi connectivity index (χ0) is 21.9. The van der Waals surface area contributed by atoms with Crippen LogP contribution in [0.1, 0.15) is 0 Å². The van der Waals surface area contributed by atoms with Gasteiger partial charge in [0.1, 0.15) is 11.6 Å². The van der Waals surface area contributed by atoms with E-state index in [1.165, 1.54) is 48.7 Å². The highest BCUT2D eigenvalue weighted by atomic mass is 35.5. The molecule has 0 atom stereocenters. The number of pyridine rings is 1. The van der Waals surface area contributed by atoms with E-state index in [2.05, 4.69) is 14.4 Å². The van der Waals surface area contributed by atoms with Crippen LogP contribution in [-0.4, -0.2) is 28.1 Å². The summed E-state index contributed by atoms with van der Waals surface area (Å²) in [4.78, 5) is 3.75. The number of benzene rings is 2. The summed E-state index contributed by atoms with van der Waals surface area (Å²) in [6, 6.07) is 12.9. The van der Waals surface area contributed by atoms with Crippen molar-refractivity contribution in [1.29, 1.82) is 0 Å². The molecule has 12 heteroatoms. The predicted octanol–water partition coefficient (Wildman–Crippen LogP) is 4.35. The summed E-state index contributed by atoms with van der Waals surface area (Å²) >= 11 is 12.0. The smallest absolute Gasteiger partial charge is 0.263 e. The molecule has 8 nitrogen and oxygen atoms in total. The van der Waals surface area contributed by atoms with E-state index in [0.29, 0.717) is 5.02 Å². The van der Waals surface area contributed by atoms with Crippen LogP contribution in [0.15, 0.2) is 65.7 Å². The minimum Gasteiger partial charge on any atom is -0.454 e. The minimum atomic E-state index is -4.03. The van der Waals surface area contributed by atoms with E-state index in [4.69, 9.17) is 27.9 Å². The fourth-order valence-electron chi connectivity index (χ4n) is 2.33. The van der Waals surface area contributed by atoms with Crippen LogP contribution in [0.25, 0.3) is 0 Å². The van der Waals surface area contributed by atoms with E-state index < -0.39 is 20.0 Å². The molecule has 1 heterocycles. The Morgan fingerprint density at radius 1 is 0.900 bits per heavy atom. The number of nitrogens with one attached hydrogen (secondary N) is 2. The van der Waals surface area contributed by atoms with Crippen LogP contribution in [0.4, 0.5) is 11.5 Å². The zero-order valence-electron chi connectivity index (χ0n) is 15.3. The van der Waals surface area contributed by atoms with Crippen molar-refractivity contribution in [2.24, 2.45) is 0 Å². The van der Waals surface area contributed by atoms with Gasteiger partial charge in [0.25, 0.3) is 10.0 Å². The molecule has 3 aromatic rings. The lowest BCUT2D eigenvalue weighted by Gasteiger charge is -2.15. The first-order valence-corrected chi connectivity index (χ1v) is 12.4. The summed E-state index contributed by atoms with van der Waals surface area (Å²) < 4.78 is 59.1. The summed E-state index contributed by atoms with van der Waals surface area (Å²) in [6.07, 6.45) is 2.40. The summed E-state index contributed by atoms with van der Waals surface area (Å²) in [7, 11) is -7.69. The fraction of sp³-hybridized carbons (Fsp3) is 0.0556. The molecule has 0 saturated carbocycles. The van der Waals surface area contributed by atoms with Gasteiger partial charge in [-0.2, -0.15) is 0 Å². The van der Waals surface area contributed by atoms with E-state index in [0.717, 1.165) is 6.26 Å². The second-order valence-corrected chi connectivity index (χ2v) is 10.3. The Morgan fingerprint density at radius 3 is 2.30 bits per heavy atom. The van der Waals surface area contributed by atoms with Crippen molar-refractivity contribution in [2.45, 2.75) is 4.90 Å². The molecule has 0 bridgehead atoms. The van der Waals surface area contributed by atoms with Crippen LogP contribution in [0.3, 0.4) is 0 Å². The number of rotatable bonds is 7. The zero-order valence-corrected chi connectivity index (χ0v) is 18.5. The second-order valence-electron chi connectivity index (χ2n) is 6.03. The third-order valence-corrected chi connectivity index (χ3v) is 6.05. The van der Waals surface area contributed by atoms with Crippen LogP contribution in [-0.2, 0) is 20.0 Å². The predicted molar refractivity (Wildman–Crippen MR) is 116 cm³/mol. The minimum absolute atomic E-state index is 0.0281. The maximum atomic E-state index is 12.7. The van der Waals surface area contributed by atoms with Gasteiger partial charge >= 0.3 is 0 Å². The molecule has 0 aliphatic carbocycles. The first-order chi connectivity index (χ1) is 14.0. The quantitative estimate of drug-likeness (QED) is 0.511. The lowest BCUT2D eigenvalue weighted by Crippen LogP contribution is -2.15. The number of halogens is 2. The normalized spacial score (nSPS) is 11.7. The van der Waals surface area contributed by atoms with Gasteiger partial charge in [0.05, 0.1) is 21.9 Å². The molecule has 0 aliphatic rings. The monoisotopic (exact) mass is 487 g/mol. The van der Waals surface area contributed by atoms with Gasteiger partial charge in [0, 0.05) is 17.3 Å². The molecule has 3 rings (SSSR count). The van der Waals surface area contributed by atoms with Crippen LogP contribution >= 0.6 is 23.2 Å². The molecular formula is C18H15Cl2N3O5S2. The van der Waals surface area contributed by atoms with Crippen molar-refractivity contribution < 1.29 is 21.6 Å². The second kappa shape index (κ2) is 8.68. The van der Waals surface area contributed by atoms with E-state index in [1.807, 2.05) is 0 Å². The molecule has 0 fully saturated rings. The molecule has 30 heavy (non-hydrogen) atoms. The lowest BCUT2D eigenvalue weighted by molar-refractivity contribution is 0.483. The highest BCUT2D eigenvalue weighted by molar-refractivity contribution is 7.92. The highest BCUT2D eigenvalue weighted by Gasteiger charge is 2.20.